The summed E-state index contributed by atoms with van der Waals surface area (Å²) in [5, 5.41) is 11.5. The minimum atomic E-state index is -0.880. The molecule has 1 fully saturated rings. The van der Waals surface area contributed by atoms with Gasteiger partial charge >= 0.3 is 0 Å². The van der Waals surface area contributed by atoms with E-state index in [2.05, 4.69) is 0 Å². The van der Waals surface area contributed by atoms with Crippen molar-refractivity contribution in [3.8, 4) is 17.2 Å². The summed E-state index contributed by atoms with van der Waals surface area (Å²) < 4.78 is 16.9. The van der Waals surface area contributed by atoms with Crippen LogP contribution < -0.4 is 19.1 Å². The van der Waals surface area contributed by atoms with Gasteiger partial charge in [0.05, 0.1) is 31.9 Å². The van der Waals surface area contributed by atoms with Crippen molar-refractivity contribution in [3.63, 3.8) is 0 Å². The summed E-state index contributed by atoms with van der Waals surface area (Å²) in [6.45, 7) is 10.5. The third kappa shape index (κ3) is 4.84. The molecule has 4 rings (SSSR count). The number of rotatable bonds is 8. The van der Waals surface area contributed by atoms with E-state index in [1.807, 2.05) is 52.8 Å². The van der Waals surface area contributed by atoms with Crippen LogP contribution in [0.5, 0.6) is 17.2 Å². The number of aryl methyl sites for hydroxylation is 3. The van der Waals surface area contributed by atoms with E-state index in [0.717, 1.165) is 16.7 Å². The Bertz CT molecular complexity index is 1420. The van der Waals surface area contributed by atoms with Crippen LogP contribution in [-0.2, 0) is 9.59 Å². The van der Waals surface area contributed by atoms with Gasteiger partial charge in [0.2, 0.25) is 0 Å². The van der Waals surface area contributed by atoms with Crippen LogP contribution in [-0.4, -0.2) is 37.1 Å². The molecule has 0 aromatic heterocycles. The monoisotopic (exact) mass is 515 g/mol. The maximum absolute atomic E-state index is 13.5. The second-order valence-electron chi connectivity index (χ2n) is 9.19. The molecule has 1 saturated heterocycles. The number of methoxy groups -OCH3 is 1. The number of carbonyl (C=O) groups excluding carboxylic acids is 2. The zero-order valence-corrected chi connectivity index (χ0v) is 22.6. The molecule has 7 heteroatoms. The highest BCUT2D eigenvalue weighted by Gasteiger charge is 2.47. The van der Waals surface area contributed by atoms with E-state index < -0.39 is 17.7 Å². The normalized spacial score (nSPS) is 16.6. The summed E-state index contributed by atoms with van der Waals surface area (Å²) in [4.78, 5) is 28.5. The van der Waals surface area contributed by atoms with Crippen molar-refractivity contribution in [2.45, 2.75) is 40.7 Å². The molecule has 0 bridgehead atoms. The molecule has 3 aromatic rings. The fourth-order valence-electron chi connectivity index (χ4n) is 4.69. The van der Waals surface area contributed by atoms with E-state index in [1.165, 1.54) is 4.90 Å². The number of hydrogen-bond acceptors (Lipinski definition) is 6. The highest BCUT2D eigenvalue weighted by atomic mass is 16.5. The molecule has 0 aliphatic carbocycles. The van der Waals surface area contributed by atoms with Gasteiger partial charge in [0.25, 0.3) is 11.7 Å². The van der Waals surface area contributed by atoms with Crippen molar-refractivity contribution >= 4 is 23.1 Å². The minimum Gasteiger partial charge on any atom is -0.507 e. The molecule has 1 heterocycles. The highest BCUT2D eigenvalue weighted by Crippen LogP contribution is 2.44. The van der Waals surface area contributed by atoms with Gasteiger partial charge in [-0.3, -0.25) is 14.5 Å². The molecule has 1 amide bonds. The predicted octanol–water partition coefficient (Wildman–Crippen LogP) is 6.04. The number of ether oxygens (including phenoxy) is 3. The van der Waals surface area contributed by atoms with Crippen LogP contribution in [0.1, 0.15) is 47.7 Å². The van der Waals surface area contributed by atoms with Gasteiger partial charge in [-0.25, -0.2) is 0 Å². The topological polar surface area (TPSA) is 85.3 Å². The van der Waals surface area contributed by atoms with E-state index in [0.29, 0.717) is 47.3 Å². The molecule has 7 nitrogen and oxygen atoms in total. The first-order valence-corrected chi connectivity index (χ1v) is 12.6. The lowest BCUT2D eigenvalue weighted by Crippen LogP contribution is -2.29. The van der Waals surface area contributed by atoms with Crippen molar-refractivity contribution < 1.29 is 28.9 Å². The maximum Gasteiger partial charge on any atom is 0.300 e. The van der Waals surface area contributed by atoms with E-state index in [-0.39, 0.29) is 11.3 Å². The number of Topliss-reactive ketones (excluding diaryl/α,β-unsaturated/α-hetero) is 1. The Hall–Kier alpha value is -4.26. The number of nitrogens with zero attached hydrogens (tertiary/aromatic N) is 1. The maximum atomic E-state index is 13.5. The average molecular weight is 516 g/mol. The van der Waals surface area contributed by atoms with Crippen LogP contribution >= 0.6 is 0 Å². The Balaban J connectivity index is 1.95. The molecule has 0 radical (unpaired) electrons. The summed E-state index contributed by atoms with van der Waals surface area (Å²) in [7, 11) is 1.55. The van der Waals surface area contributed by atoms with Crippen molar-refractivity contribution in [1.82, 2.24) is 0 Å². The minimum absolute atomic E-state index is 0.00408. The van der Waals surface area contributed by atoms with Crippen molar-refractivity contribution in [3.05, 3.63) is 88.0 Å². The fourth-order valence-corrected chi connectivity index (χ4v) is 4.69. The molecule has 198 valence electrons. The molecule has 0 spiro atoms. The van der Waals surface area contributed by atoms with Crippen molar-refractivity contribution in [2.75, 3.05) is 25.2 Å². The van der Waals surface area contributed by atoms with Gasteiger partial charge in [-0.1, -0.05) is 12.1 Å². The Morgan fingerprint density at radius 2 is 1.50 bits per heavy atom. The van der Waals surface area contributed by atoms with Gasteiger partial charge in [-0.2, -0.15) is 0 Å². The number of anilines is 1. The summed E-state index contributed by atoms with van der Waals surface area (Å²) in [5.74, 6) is -0.0226. The quantitative estimate of drug-likeness (QED) is 0.224. The molecule has 38 heavy (non-hydrogen) atoms. The van der Waals surface area contributed by atoms with Crippen LogP contribution in [0.4, 0.5) is 5.69 Å². The SMILES string of the molecule is CCOc1ccc(/C(O)=C2\C(=O)C(=O)N(c3ccc(C)c(C)c3)C2c2ccc(OC)c(OCC)c2)cc1C. The third-order valence-electron chi connectivity index (χ3n) is 6.76. The number of amides is 1. The highest BCUT2D eigenvalue weighted by molar-refractivity contribution is 6.51. The Labute approximate surface area is 223 Å². The molecular formula is C31H33NO6. The summed E-state index contributed by atoms with van der Waals surface area (Å²) in [6.07, 6.45) is 0. The molecule has 1 unspecified atom stereocenters. The first kappa shape index (κ1) is 26.8. The van der Waals surface area contributed by atoms with Crippen LogP contribution in [0, 0.1) is 20.8 Å². The molecule has 1 atom stereocenters. The average Bonchev–Trinajstić information content (AvgIpc) is 3.17. The number of carbonyl (C=O) groups is 2. The number of aliphatic hydroxyl groups is 1. The second-order valence-corrected chi connectivity index (χ2v) is 9.19. The van der Waals surface area contributed by atoms with Gasteiger partial charge in [-0.05, 0) is 99.3 Å². The van der Waals surface area contributed by atoms with Crippen molar-refractivity contribution in [2.24, 2.45) is 0 Å². The van der Waals surface area contributed by atoms with Crippen LogP contribution in [0.3, 0.4) is 0 Å². The zero-order valence-electron chi connectivity index (χ0n) is 22.6. The fraction of sp³-hybridized carbons (Fsp3) is 0.290. The summed E-state index contributed by atoms with van der Waals surface area (Å²) in [6, 6.07) is 15.2. The number of aliphatic hydroxyl groups excluding tert-OH is 1. The number of ketones is 1. The van der Waals surface area contributed by atoms with Crippen LogP contribution in [0.2, 0.25) is 0 Å². The third-order valence-corrected chi connectivity index (χ3v) is 6.76. The van der Waals surface area contributed by atoms with E-state index in [1.54, 1.807) is 43.5 Å². The molecule has 1 aliphatic rings. The summed E-state index contributed by atoms with van der Waals surface area (Å²) in [5.41, 5.74) is 4.45. The Morgan fingerprint density at radius 3 is 2.13 bits per heavy atom. The lowest BCUT2D eigenvalue weighted by molar-refractivity contribution is -0.132. The Kier molecular flexibility index (Phi) is 7.76. The lowest BCUT2D eigenvalue weighted by atomic mass is 9.94. The van der Waals surface area contributed by atoms with Gasteiger partial charge < -0.3 is 19.3 Å². The molecular weight excluding hydrogens is 482 g/mol. The Morgan fingerprint density at radius 1 is 0.816 bits per heavy atom. The molecule has 1 aliphatic heterocycles. The zero-order chi connectivity index (χ0) is 27.6. The predicted molar refractivity (Wildman–Crippen MR) is 147 cm³/mol. The van der Waals surface area contributed by atoms with E-state index >= 15 is 0 Å². The number of benzene rings is 3. The van der Waals surface area contributed by atoms with Gasteiger partial charge in [0, 0.05) is 11.3 Å². The van der Waals surface area contributed by atoms with Crippen molar-refractivity contribution in [1.29, 1.82) is 0 Å². The number of hydrogen-bond donors (Lipinski definition) is 1. The standard InChI is InChI=1S/C31H33NO6/c1-7-37-24-13-11-22(15-20(24)5)29(33)27-28(21-10-14-25(36-6)26(17-21)38-8-2)32(31(35)30(27)34)23-12-9-18(3)19(4)16-23/h9-17,28,33H,7-8H2,1-6H3/b29-27+. The van der Waals surface area contributed by atoms with Crippen LogP contribution in [0.15, 0.2) is 60.2 Å². The lowest BCUT2D eigenvalue weighted by Gasteiger charge is -2.26. The second kappa shape index (κ2) is 11.0. The van der Waals surface area contributed by atoms with E-state index in [9.17, 15) is 14.7 Å². The van der Waals surface area contributed by atoms with Gasteiger partial charge in [0.15, 0.2) is 11.5 Å². The van der Waals surface area contributed by atoms with E-state index in [4.69, 9.17) is 14.2 Å². The molecule has 1 N–H and O–H groups in total. The first-order chi connectivity index (χ1) is 18.2. The molecule has 0 saturated carbocycles. The van der Waals surface area contributed by atoms with Gasteiger partial charge in [0.1, 0.15) is 11.5 Å². The largest absolute Gasteiger partial charge is 0.507 e. The van der Waals surface area contributed by atoms with Gasteiger partial charge in [-0.15, -0.1) is 0 Å². The molecule has 3 aromatic carbocycles. The summed E-state index contributed by atoms with van der Waals surface area (Å²) >= 11 is 0. The van der Waals surface area contributed by atoms with Crippen LogP contribution in [0.25, 0.3) is 5.76 Å². The first-order valence-electron chi connectivity index (χ1n) is 12.6. The smallest absolute Gasteiger partial charge is 0.300 e.